The first kappa shape index (κ1) is 14.0. The molecule has 5 nitrogen and oxygen atoms in total. The van der Waals surface area contributed by atoms with Gasteiger partial charge in [0.25, 0.3) is 5.91 Å². The number of rotatable bonds is 4. The Morgan fingerprint density at radius 3 is 2.82 bits per heavy atom. The maximum atomic E-state index is 12.0. The largest absolute Gasteiger partial charge is 0.409 e. The van der Waals surface area contributed by atoms with E-state index in [-0.39, 0.29) is 11.7 Å². The van der Waals surface area contributed by atoms with Gasteiger partial charge in [0, 0.05) is 4.47 Å². The van der Waals surface area contributed by atoms with Gasteiger partial charge in [0.05, 0.1) is 5.54 Å². The van der Waals surface area contributed by atoms with Crippen molar-refractivity contribution in [3.63, 3.8) is 0 Å². The van der Waals surface area contributed by atoms with Crippen LogP contribution in [0.25, 0.3) is 0 Å². The number of halogens is 1. The van der Waals surface area contributed by atoms with Crippen LogP contribution in [0.1, 0.15) is 29.9 Å². The van der Waals surface area contributed by atoms with Crippen molar-refractivity contribution in [2.45, 2.75) is 25.8 Å². The number of hydrogen-bond donors (Lipinski definition) is 3. The van der Waals surface area contributed by atoms with Gasteiger partial charge in [-0.1, -0.05) is 12.1 Å². The number of amidine groups is 1. The summed E-state index contributed by atoms with van der Waals surface area (Å²) >= 11 is 4.62. The number of nitrogens with one attached hydrogen (secondary N) is 1. The number of hydrogen-bond acceptors (Lipinski definition) is 4. The predicted molar refractivity (Wildman–Crippen MR) is 71.6 cm³/mol. The molecule has 1 heterocycles. The van der Waals surface area contributed by atoms with Crippen LogP contribution in [-0.2, 0) is 0 Å². The average Bonchev–Trinajstić information content (AvgIpc) is 2.74. The summed E-state index contributed by atoms with van der Waals surface area (Å²) in [6.07, 6.45) is 0.525. The van der Waals surface area contributed by atoms with Gasteiger partial charge in [-0.05, 0) is 40.7 Å². The first-order chi connectivity index (χ1) is 7.94. The van der Waals surface area contributed by atoms with Crippen LogP contribution in [0.4, 0.5) is 0 Å². The smallest absolute Gasteiger partial charge is 0.263 e. The summed E-state index contributed by atoms with van der Waals surface area (Å²) in [4.78, 5) is 12.6. The first-order valence-corrected chi connectivity index (χ1v) is 6.65. The molecule has 0 saturated heterocycles. The zero-order valence-corrected chi connectivity index (χ0v) is 11.9. The standard InChI is InChI=1S/C10H14BrN3O2S/c1-3-10(2,9(12)14-16)13-8(15)7-6(11)4-5-17-7/h4-5,16H,3H2,1-2H3,(H2,12,14)(H,13,15). The normalized spacial score (nSPS) is 15.4. The van der Waals surface area contributed by atoms with Crippen molar-refractivity contribution < 1.29 is 10.0 Å². The zero-order valence-electron chi connectivity index (χ0n) is 9.53. The summed E-state index contributed by atoms with van der Waals surface area (Å²) in [6.45, 7) is 3.56. The summed E-state index contributed by atoms with van der Waals surface area (Å²) in [5.74, 6) is -0.260. The highest BCUT2D eigenvalue weighted by Gasteiger charge is 2.30. The second-order valence-electron chi connectivity index (χ2n) is 3.72. The van der Waals surface area contributed by atoms with Gasteiger partial charge in [0.15, 0.2) is 5.84 Å². The lowest BCUT2D eigenvalue weighted by molar-refractivity contribution is 0.0928. The molecule has 0 aliphatic heterocycles. The van der Waals surface area contributed by atoms with Crippen molar-refractivity contribution in [2.75, 3.05) is 0 Å². The van der Waals surface area contributed by atoms with E-state index in [1.54, 1.807) is 13.0 Å². The van der Waals surface area contributed by atoms with Gasteiger partial charge in [-0.25, -0.2) is 0 Å². The lowest BCUT2D eigenvalue weighted by atomic mass is 9.97. The van der Waals surface area contributed by atoms with Crippen molar-refractivity contribution in [2.24, 2.45) is 10.9 Å². The van der Waals surface area contributed by atoms with Crippen molar-refractivity contribution in [1.29, 1.82) is 0 Å². The molecular weight excluding hydrogens is 306 g/mol. The molecule has 7 heteroatoms. The number of oxime groups is 1. The molecule has 17 heavy (non-hydrogen) atoms. The predicted octanol–water partition coefficient (Wildman–Crippen LogP) is 2.16. The molecule has 0 radical (unpaired) electrons. The highest BCUT2D eigenvalue weighted by atomic mass is 79.9. The Hall–Kier alpha value is -1.08. The van der Waals surface area contributed by atoms with Crippen LogP contribution in [0.15, 0.2) is 21.1 Å². The maximum absolute atomic E-state index is 12.0. The minimum absolute atomic E-state index is 0.0129. The molecule has 1 unspecified atom stereocenters. The molecule has 1 aromatic heterocycles. The van der Waals surface area contributed by atoms with Crippen LogP contribution >= 0.6 is 27.3 Å². The third-order valence-electron chi connectivity index (χ3n) is 2.59. The highest BCUT2D eigenvalue weighted by Crippen LogP contribution is 2.23. The van der Waals surface area contributed by atoms with Gasteiger partial charge < -0.3 is 16.3 Å². The minimum atomic E-state index is -0.852. The molecule has 1 atom stereocenters. The number of carbonyl (C=O) groups is 1. The second kappa shape index (κ2) is 5.50. The Morgan fingerprint density at radius 1 is 1.76 bits per heavy atom. The Kier molecular flexibility index (Phi) is 4.53. The van der Waals surface area contributed by atoms with E-state index in [1.165, 1.54) is 11.3 Å². The summed E-state index contributed by atoms with van der Waals surface area (Å²) in [7, 11) is 0. The van der Waals surface area contributed by atoms with E-state index in [4.69, 9.17) is 10.9 Å². The summed E-state index contributed by atoms with van der Waals surface area (Å²) in [5, 5.41) is 16.2. The summed E-state index contributed by atoms with van der Waals surface area (Å²) < 4.78 is 0.734. The van der Waals surface area contributed by atoms with E-state index >= 15 is 0 Å². The van der Waals surface area contributed by atoms with Crippen molar-refractivity contribution in [3.05, 3.63) is 20.8 Å². The first-order valence-electron chi connectivity index (χ1n) is 4.98. The molecule has 94 valence electrons. The molecule has 4 N–H and O–H groups in total. The van der Waals surface area contributed by atoms with Crippen molar-refractivity contribution >= 4 is 39.0 Å². The van der Waals surface area contributed by atoms with Crippen LogP contribution < -0.4 is 11.1 Å². The zero-order chi connectivity index (χ0) is 13.1. The fourth-order valence-corrected chi connectivity index (χ4v) is 2.65. The fraction of sp³-hybridized carbons (Fsp3) is 0.400. The van der Waals surface area contributed by atoms with E-state index in [1.807, 2.05) is 12.3 Å². The maximum Gasteiger partial charge on any atom is 0.263 e. The number of carbonyl (C=O) groups excluding carboxylic acids is 1. The number of nitrogens with zero attached hydrogens (tertiary/aromatic N) is 1. The van der Waals surface area contributed by atoms with Gasteiger partial charge in [-0.15, -0.1) is 11.3 Å². The van der Waals surface area contributed by atoms with E-state index < -0.39 is 5.54 Å². The summed E-state index contributed by atoms with van der Waals surface area (Å²) in [5.41, 5.74) is 4.73. The molecule has 0 saturated carbocycles. The van der Waals surface area contributed by atoms with E-state index in [0.717, 1.165) is 4.47 Å². The second-order valence-corrected chi connectivity index (χ2v) is 5.49. The van der Waals surface area contributed by atoms with Crippen LogP contribution in [0, 0.1) is 0 Å². The monoisotopic (exact) mass is 319 g/mol. The third-order valence-corrected chi connectivity index (χ3v) is 4.43. The Balaban J connectivity index is 2.91. The molecule has 1 rings (SSSR count). The highest BCUT2D eigenvalue weighted by molar-refractivity contribution is 9.10. The molecule has 0 aliphatic carbocycles. The summed E-state index contributed by atoms with van der Waals surface area (Å²) in [6, 6.07) is 1.80. The Morgan fingerprint density at radius 2 is 2.41 bits per heavy atom. The Labute approximate surface area is 112 Å². The van der Waals surface area contributed by atoms with Crippen LogP contribution in [0.2, 0.25) is 0 Å². The van der Waals surface area contributed by atoms with Crippen molar-refractivity contribution in [1.82, 2.24) is 5.32 Å². The van der Waals surface area contributed by atoms with Gasteiger partial charge in [0.2, 0.25) is 0 Å². The lowest BCUT2D eigenvalue weighted by Crippen LogP contribution is -2.54. The van der Waals surface area contributed by atoms with Gasteiger partial charge >= 0.3 is 0 Å². The number of thiophene rings is 1. The lowest BCUT2D eigenvalue weighted by Gasteiger charge is -2.27. The molecular formula is C10H14BrN3O2S. The molecule has 0 spiro atoms. The molecule has 1 aromatic rings. The van der Waals surface area contributed by atoms with Gasteiger partial charge in [0.1, 0.15) is 4.88 Å². The average molecular weight is 320 g/mol. The van der Waals surface area contributed by atoms with Crippen LogP contribution in [0.5, 0.6) is 0 Å². The van der Waals surface area contributed by atoms with Crippen molar-refractivity contribution in [3.8, 4) is 0 Å². The molecule has 0 aliphatic rings. The van der Waals surface area contributed by atoms with Crippen LogP contribution in [-0.4, -0.2) is 22.5 Å². The number of nitrogens with two attached hydrogens (primary N) is 1. The van der Waals surface area contributed by atoms with E-state index in [0.29, 0.717) is 11.3 Å². The molecule has 0 fully saturated rings. The fourth-order valence-electron chi connectivity index (χ4n) is 1.21. The number of amides is 1. The third kappa shape index (κ3) is 2.98. The topological polar surface area (TPSA) is 87.7 Å². The quantitative estimate of drug-likeness (QED) is 0.344. The van der Waals surface area contributed by atoms with Gasteiger partial charge in [-0.2, -0.15) is 0 Å². The van der Waals surface area contributed by atoms with E-state index in [2.05, 4.69) is 26.4 Å². The van der Waals surface area contributed by atoms with Gasteiger partial charge in [-0.3, -0.25) is 4.79 Å². The SMILES string of the molecule is CCC(C)(NC(=O)c1sccc1Br)/C(N)=N/O. The molecule has 0 bridgehead atoms. The van der Waals surface area contributed by atoms with Crippen LogP contribution in [0.3, 0.4) is 0 Å². The minimum Gasteiger partial charge on any atom is -0.409 e. The molecule has 0 aromatic carbocycles. The van der Waals surface area contributed by atoms with E-state index in [9.17, 15) is 4.79 Å². The molecule has 1 amide bonds. The Bertz CT molecular complexity index is 447.